The number of imide groups is 1. The van der Waals surface area contributed by atoms with Gasteiger partial charge in [-0.05, 0) is 43.4 Å². The Morgan fingerprint density at radius 1 is 0.978 bits per heavy atom. The molecule has 2 aromatic carbocycles. The van der Waals surface area contributed by atoms with E-state index < -0.39 is 7.82 Å². The molecule has 13 nitrogen and oxygen atoms in total. The van der Waals surface area contributed by atoms with Crippen molar-refractivity contribution in [2.75, 3.05) is 25.5 Å². The number of benzene rings is 2. The minimum absolute atomic E-state index is 0.119. The summed E-state index contributed by atoms with van der Waals surface area (Å²) < 4.78 is 24.2. The number of carbonyl (C=O) groups excluding carboxylic acids is 2. The summed E-state index contributed by atoms with van der Waals surface area (Å²) in [6, 6.07) is 10.5. The number of fused-ring (bicyclic) bond motifs is 3. The Morgan fingerprint density at radius 2 is 1.73 bits per heavy atom. The van der Waals surface area contributed by atoms with Gasteiger partial charge < -0.3 is 24.7 Å². The summed E-state index contributed by atoms with van der Waals surface area (Å²) in [5, 5.41) is 11.2. The Kier molecular flexibility index (Phi) is 9.83. The Hall–Kier alpha value is -4.29. The molecule has 5 rings (SSSR count). The Bertz CT molecular complexity index is 1800. The van der Waals surface area contributed by atoms with Crippen LogP contribution in [0.25, 0.3) is 21.9 Å². The molecule has 5 N–H and O–H groups in total. The number of anilines is 1. The van der Waals surface area contributed by atoms with Crippen molar-refractivity contribution in [3.63, 3.8) is 0 Å². The molecule has 1 aliphatic heterocycles. The summed E-state index contributed by atoms with van der Waals surface area (Å²) >= 11 is 0. The van der Waals surface area contributed by atoms with Crippen LogP contribution in [-0.2, 0) is 38.3 Å². The summed E-state index contributed by atoms with van der Waals surface area (Å²) in [5.74, 6) is -0.261. The van der Waals surface area contributed by atoms with Crippen LogP contribution in [0.2, 0.25) is 0 Å². The van der Waals surface area contributed by atoms with E-state index in [1.165, 1.54) is 23.1 Å². The topological polar surface area (TPSA) is 190 Å². The molecular weight excluding hydrogens is 601 g/mol. The summed E-state index contributed by atoms with van der Waals surface area (Å²) in [7, 11) is -4.94. The minimum Gasteiger partial charge on any atom is -0.504 e. The van der Waals surface area contributed by atoms with Gasteiger partial charge in [0.1, 0.15) is 11.3 Å². The molecule has 238 valence electrons. The number of imidazole rings is 1. The molecule has 0 radical (unpaired) electrons. The second-order valence-corrected chi connectivity index (χ2v) is 12.0. The lowest BCUT2D eigenvalue weighted by atomic mass is 10.1. The fraction of sp³-hybridized carbons (Fsp3) is 0.355. The quantitative estimate of drug-likeness (QED) is 0.0837. The number of hydrogen-bond donors (Lipinski definition) is 4. The molecule has 2 amide bonds. The summed E-state index contributed by atoms with van der Waals surface area (Å²) in [4.78, 5) is 52.9. The largest absolute Gasteiger partial charge is 0.524 e. The molecule has 0 bridgehead atoms. The van der Waals surface area contributed by atoms with Gasteiger partial charge in [-0.2, -0.15) is 0 Å². The summed E-state index contributed by atoms with van der Waals surface area (Å²) in [6.45, 7) is 3.48. The average Bonchev–Trinajstić information content (AvgIpc) is 3.51. The number of carbonyl (C=O) groups is 2. The number of hydrogen-bond acceptors (Lipinski definition) is 9. The van der Waals surface area contributed by atoms with E-state index in [0.29, 0.717) is 49.2 Å². The van der Waals surface area contributed by atoms with Crippen molar-refractivity contribution in [1.29, 1.82) is 0 Å². The van der Waals surface area contributed by atoms with Gasteiger partial charge in [-0.15, -0.1) is 0 Å². The van der Waals surface area contributed by atoms with E-state index in [4.69, 9.17) is 20.0 Å². The highest BCUT2D eigenvalue weighted by molar-refractivity contribution is 7.46. The average molecular weight is 638 g/mol. The van der Waals surface area contributed by atoms with Crippen molar-refractivity contribution < 1.29 is 38.3 Å². The Labute approximate surface area is 259 Å². The number of unbranched alkanes of at least 4 members (excludes halogenated alkanes) is 1. The normalized spacial score (nSPS) is 13.5. The molecule has 1 aliphatic rings. The number of nitrogens with two attached hydrogens (primary N) is 1. The standard InChI is InChI=1S/C31H36N5O8P/c1-2-3-10-25-34-28-29(36(25)19-21-8-4-9-24(37)30(21)44-45(40,41)42)22-12-11-20(18-23(22)33-31(28)32)7-5-16-43-17-6-15-35-26(38)13-14-27(35)39/h4,8-9,11-14,18,37H,2-3,5-7,10,15-17,19H2,1H3,(H2,32,33)(H2,40,41,42). The maximum Gasteiger partial charge on any atom is 0.524 e. The number of phenols is 1. The zero-order chi connectivity index (χ0) is 32.1. The fourth-order valence-electron chi connectivity index (χ4n) is 5.40. The van der Waals surface area contributed by atoms with Crippen molar-refractivity contribution in [2.24, 2.45) is 0 Å². The second-order valence-electron chi connectivity index (χ2n) is 10.8. The van der Waals surface area contributed by atoms with Crippen LogP contribution in [0.5, 0.6) is 11.5 Å². The number of para-hydroxylation sites is 1. The summed E-state index contributed by atoms with van der Waals surface area (Å²) in [6.07, 6.45) is 7.03. The van der Waals surface area contributed by atoms with E-state index in [9.17, 15) is 29.0 Å². The van der Waals surface area contributed by atoms with Crippen molar-refractivity contribution in [3.8, 4) is 11.5 Å². The number of phenolic OH excluding ortho intramolecular Hbond substituents is 1. The van der Waals surface area contributed by atoms with Gasteiger partial charge in [-0.3, -0.25) is 24.3 Å². The Balaban J connectivity index is 1.35. The van der Waals surface area contributed by atoms with E-state index in [1.807, 2.05) is 22.8 Å². The molecule has 2 aromatic heterocycles. The smallest absolute Gasteiger partial charge is 0.504 e. The maximum atomic E-state index is 11.7. The number of aromatic hydroxyl groups is 1. The number of nitrogen functional groups attached to an aromatic ring is 1. The van der Waals surface area contributed by atoms with Crippen LogP contribution in [0.1, 0.15) is 49.6 Å². The lowest BCUT2D eigenvalue weighted by Gasteiger charge is -2.16. The first-order chi connectivity index (χ1) is 21.6. The number of nitrogens with zero attached hydrogens (tertiary/aromatic N) is 4. The molecule has 4 aromatic rings. The van der Waals surface area contributed by atoms with Gasteiger partial charge in [-0.25, -0.2) is 14.5 Å². The van der Waals surface area contributed by atoms with Gasteiger partial charge in [0.2, 0.25) is 0 Å². The third-order valence-electron chi connectivity index (χ3n) is 7.54. The minimum atomic E-state index is -4.94. The first-order valence-electron chi connectivity index (χ1n) is 14.8. The number of amides is 2. The van der Waals surface area contributed by atoms with Crippen LogP contribution in [0.3, 0.4) is 0 Å². The number of aromatic nitrogens is 3. The van der Waals surface area contributed by atoms with Crippen LogP contribution in [0, 0.1) is 0 Å². The molecule has 0 saturated heterocycles. The molecular formula is C31H36N5O8P. The third kappa shape index (κ3) is 7.51. The summed E-state index contributed by atoms with van der Waals surface area (Å²) in [5.41, 5.74) is 9.77. The van der Waals surface area contributed by atoms with Crippen molar-refractivity contribution >= 4 is 47.4 Å². The van der Waals surface area contributed by atoms with Gasteiger partial charge in [0.25, 0.3) is 11.8 Å². The van der Waals surface area contributed by atoms with Crippen LogP contribution >= 0.6 is 7.82 Å². The van der Waals surface area contributed by atoms with E-state index in [-0.39, 0.29) is 35.7 Å². The predicted octanol–water partition coefficient (Wildman–Crippen LogP) is 4.00. The number of pyridine rings is 1. The van der Waals surface area contributed by atoms with Gasteiger partial charge >= 0.3 is 7.82 Å². The maximum absolute atomic E-state index is 11.7. The van der Waals surface area contributed by atoms with Gasteiger partial charge in [0.05, 0.1) is 17.6 Å². The van der Waals surface area contributed by atoms with Crippen LogP contribution in [-0.4, -0.2) is 65.9 Å². The molecule has 14 heteroatoms. The van der Waals surface area contributed by atoms with Crippen molar-refractivity contribution in [3.05, 3.63) is 65.5 Å². The highest BCUT2D eigenvalue weighted by Crippen LogP contribution is 2.44. The lowest BCUT2D eigenvalue weighted by molar-refractivity contribution is -0.136. The first kappa shape index (κ1) is 32.1. The predicted molar refractivity (Wildman–Crippen MR) is 168 cm³/mol. The zero-order valence-electron chi connectivity index (χ0n) is 24.9. The fourth-order valence-corrected chi connectivity index (χ4v) is 5.85. The van der Waals surface area contributed by atoms with Gasteiger partial charge in [0.15, 0.2) is 17.3 Å². The van der Waals surface area contributed by atoms with E-state index in [1.54, 1.807) is 12.1 Å². The number of phosphoric acid groups is 1. The monoisotopic (exact) mass is 637 g/mol. The van der Waals surface area contributed by atoms with Gasteiger partial charge in [0, 0.05) is 49.3 Å². The highest BCUT2D eigenvalue weighted by Gasteiger charge is 2.24. The second kappa shape index (κ2) is 13.8. The molecule has 0 atom stereocenters. The Morgan fingerprint density at radius 3 is 2.47 bits per heavy atom. The van der Waals surface area contributed by atoms with Crippen molar-refractivity contribution in [2.45, 2.75) is 52.0 Å². The number of ether oxygens (including phenoxy) is 1. The van der Waals surface area contributed by atoms with E-state index in [2.05, 4.69) is 11.9 Å². The molecule has 0 aliphatic carbocycles. The van der Waals surface area contributed by atoms with E-state index >= 15 is 0 Å². The lowest BCUT2D eigenvalue weighted by Crippen LogP contribution is -2.31. The van der Waals surface area contributed by atoms with Crippen LogP contribution in [0.4, 0.5) is 5.82 Å². The van der Waals surface area contributed by atoms with Crippen LogP contribution in [0.15, 0.2) is 48.6 Å². The molecule has 0 spiro atoms. The zero-order valence-corrected chi connectivity index (χ0v) is 25.8. The SMILES string of the molecule is CCCCc1nc2c(N)nc3cc(CCCOCCCN4C(=O)C=CC4=O)ccc3c2n1Cc1cccc(O)c1OP(=O)(O)O. The molecule has 3 heterocycles. The number of aryl methyl sites for hydroxylation is 2. The van der Waals surface area contributed by atoms with Crippen LogP contribution < -0.4 is 10.3 Å². The van der Waals surface area contributed by atoms with Gasteiger partial charge in [-0.1, -0.05) is 37.6 Å². The van der Waals surface area contributed by atoms with Crippen molar-refractivity contribution in [1.82, 2.24) is 19.4 Å². The molecule has 0 unspecified atom stereocenters. The highest BCUT2D eigenvalue weighted by atomic mass is 31.2. The molecule has 0 fully saturated rings. The first-order valence-corrected chi connectivity index (χ1v) is 16.3. The third-order valence-corrected chi connectivity index (χ3v) is 7.96. The molecule has 0 saturated carbocycles. The number of phosphoric ester groups is 1. The van der Waals surface area contributed by atoms with E-state index in [0.717, 1.165) is 48.0 Å². The molecule has 45 heavy (non-hydrogen) atoms. The number of rotatable bonds is 15.